The molecule has 1 aromatic heterocycles. The first-order valence-electron chi connectivity index (χ1n) is 10.8. The van der Waals surface area contributed by atoms with Crippen molar-refractivity contribution in [3.63, 3.8) is 0 Å². The molecular weight excluding hydrogens is 436 g/mol. The molecule has 2 aromatic rings. The number of piperidine rings is 2. The number of nitrogens with zero attached hydrogens (tertiary/aromatic N) is 4. The number of thioether (sulfide) groups is 1. The van der Waals surface area contributed by atoms with Gasteiger partial charge in [0.1, 0.15) is 0 Å². The third kappa shape index (κ3) is 5.60. The van der Waals surface area contributed by atoms with Crippen molar-refractivity contribution in [2.75, 3.05) is 31.9 Å². The average molecular weight is 463 g/mol. The summed E-state index contributed by atoms with van der Waals surface area (Å²) in [5.41, 5.74) is 0.782. The third-order valence-electron chi connectivity index (χ3n) is 5.98. The van der Waals surface area contributed by atoms with Crippen LogP contribution in [0.2, 0.25) is 5.02 Å². The van der Waals surface area contributed by atoms with Gasteiger partial charge in [-0.15, -0.1) is 10.2 Å². The fourth-order valence-corrected chi connectivity index (χ4v) is 5.01. The lowest BCUT2D eigenvalue weighted by molar-refractivity contribution is -0.141. The average Bonchev–Trinajstić information content (AvgIpc) is 3.26. The van der Waals surface area contributed by atoms with Gasteiger partial charge in [0, 0.05) is 42.7 Å². The van der Waals surface area contributed by atoms with Crippen LogP contribution in [0.3, 0.4) is 0 Å². The Morgan fingerprint density at radius 2 is 1.84 bits per heavy atom. The molecule has 0 radical (unpaired) electrons. The number of aromatic nitrogens is 2. The molecule has 0 N–H and O–H groups in total. The Balaban J connectivity index is 1.23. The number of halogens is 1. The van der Waals surface area contributed by atoms with E-state index in [0.717, 1.165) is 37.9 Å². The van der Waals surface area contributed by atoms with E-state index in [9.17, 15) is 9.59 Å². The lowest BCUT2D eigenvalue weighted by Crippen LogP contribution is -2.47. The Bertz CT molecular complexity index is 912. The molecule has 1 atom stereocenters. The molecule has 0 bridgehead atoms. The Morgan fingerprint density at radius 1 is 1.10 bits per heavy atom. The molecule has 0 spiro atoms. The van der Waals surface area contributed by atoms with Crippen molar-refractivity contribution in [1.29, 1.82) is 0 Å². The summed E-state index contributed by atoms with van der Waals surface area (Å²) in [6.45, 7) is 5.20. The van der Waals surface area contributed by atoms with Gasteiger partial charge in [0.2, 0.25) is 17.7 Å². The van der Waals surface area contributed by atoms with Crippen LogP contribution in [0.1, 0.15) is 32.6 Å². The van der Waals surface area contributed by atoms with E-state index in [1.54, 1.807) is 12.1 Å². The van der Waals surface area contributed by atoms with Gasteiger partial charge in [0.25, 0.3) is 5.22 Å². The Hall–Kier alpha value is -2.06. The highest BCUT2D eigenvalue weighted by Crippen LogP contribution is 2.26. The zero-order chi connectivity index (χ0) is 21.8. The fourth-order valence-electron chi connectivity index (χ4n) is 4.22. The van der Waals surface area contributed by atoms with Gasteiger partial charge < -0.3 is 14.2 Å². The largest absolute Gasteiger partial charge is 0.411 e. The minimum Gasteiger partial charge on any atom is -0.411 e. The minimum absolute atomic E-state index is 0.0359. The number of amides is 2. The van der Waals surface area contributed by atoms with Crippen LogP contribution in [0.25, 0.3) is 11.5 Å². The van der Waals surface area contributed by atoms with Crippen LogP contribution in [0.15, 0.2) is 33.9 Å². The van der Waals surface area contributed by atoms with Crippen molar-refractivity contribution in [3.8, 4) is 11.5 Å². The highest BCUT2D eigenvalue weighted by Gasteiger charge is 2.31. The molecule has 9 heteroatoms. The monoisotopic (exact) mass is 462 g/mol. The van der Waals surface area contributed by atoms with Gasteiger partial charge in [-0.25, -0.2) is 0 Å². The Morgan fingerprint density at radius 3 is 2.55 bits per heavy atom. The molecule has 1 unspecified atom stereocenters. The van der Waals surface area contributed by atoms with E-state index >= 15 is 0 Å². The first-order chi connectivity index (χ1) is 15.0. The molecule has 2 aliphatic heterocycles. The van der Waals surface area contributed by atoms with Crippen LogP contribution in [0.5, 0.6) is 0 Å². The number of carbonyl (C=O) groups excluding carboxylic acids is 2. The second-order valence-electron chi connectivity index (χ2n) is 8.36. The standard InChI is InChI=1S/C22H27ClN4O3S/c1-15-3-2-10-27(13-15)21(29)17-8-11-26(12-9-17)19(28)14-31-22-25-24-20(30-22)16-4-6-18(23)7-5-16/h4-7,15,17H,2-3,8-14H2,1H3. The van der Waals surface area contributed by atoms with Crippen molar-refractivity contribution in [1.82, 2.24) is 20.0 Å². The molecule has 3 heterocycles. The van der Waals surface area contributed by atoms with E-state index in [0.29, 0.717) is 35.1 Å². The van der Waals surface area contributed by atoms with Crippen LogP contribution < -0.4 is 0 Å². The number of benzene rings is 1. The summed E-state index contributed by atoms with van der Waals surface area (Å²) in [4.78, 5) is 29.3. The highest BCUT2D eigenvalue weighted by molar-refractivity contribution is 7.99. The summed E-state index contributed by atoms with van der Waals surface area (Å²) >= 11 is 7.14. The third-order valence-corrected chi connectivity index (χ3v) is 7.04. The van der Waals surface area contributed by atoms with E-state index in [4.69, 9.17) is 16.0 Å². The molecule has 0 saturated carbocycles. The van der Waals surface area contributed by atoms with E-state index in [1.165, 1.54) is 18.2 Å². The molecule has 166 valence electrons. The molecule has 0 aliphatic carbocycles. The Kier molecular flexibility index (Phi) is 7.17. The molecule has 2 fully saturated rings. The quantitative estimate of drug-likeness (QED) is 0.625. The van der Waals surface area contributed by atoms with Crippen molar-refractivity contribution in [2.45, 2.75) is 37.8 Å². The van der Waals surface area contributed by atoms with Crippen molar-refractivity contribution in [2.24, 2.45) is 11.8 Å². The number of hydrogen-bond acceptors (Lipinski definition) is 6. The number of likely N-dealkylation sites (tertiary alicyclic amines) is 2. The molecule has 2 saturated heterocycles. The smallest absolute Gasteiger partial charge is 0.277 e. The first kappa shape index (κ1) is 22.1. The van der Waals surface area contributed by atoms with Crippen LogP contribution in [0, 0.1) is 11.8 Å². The summed E-state index contributed by atoms with van der Waals surface area (Å²) in [6.07, 6.45) is 3.77. The summed E-state index contributed by atoms with van der Waals surface area (Å²) in [5, 5.41) is 9.06. The zero-order valence-corrected chi connectivity index (χ0v) is 19.2. The van der Waals surface area contributed by atoms with E-state index < -0.39 is 0 Å². The topological polar surface area (TPSA) is 79.5 Å². The van der Waals surface area contributed by atoms with Crippen molar-refractivity contribution < 1.29 is 14.0 Å². The molecule has 31 heavy (non-hydrogen) atoms. The molecule has 7 nitrogen and oxygen atoms in total. The minimum atomic E-state index is 0.0359. The first-order valence-corrected chi connectivity index (χ1v) is 12.1. The van der Waals surface area contributed by atoms with Gasteiger partial charge in [-0.1, -0.05) is 30.3 Å². The number of hydrogen-bond donors (Lipinski definition) is 0. The van der Waals surface area contributed by atoms with E-state index in [2.05, 4.69) is 17.1 Å². The molecule has 1 aromatic carbocycles. The zero-order valence-electron chi connectivity index (χ0n) is 17.6. The maximum absolute atomic E-state index is 12.8. The summed E-state index contributed by atoms with van der Waals surface area (Å²) < 4.78 is 5.65. The van der Waals surface area contributed by atoms with E-state index in [-0.39, 0.29) is 23.5 Å². The lowest BCUT2D eigenvalue weighted by Gasteiger charge is -2.37. The van der Waals surface area contributed by atoms with Crippen LogP contribution in [-0.4, -0.2) is 63.7 Å². The summed E-state index contributed by atoms with van der Waals surface area (Å²) in [6, 6.07) is 7.15. The van der Waals surface area contributed by atoms with E-state index in [1.807, 2.05) is 21.9 Å². The number of rotatable bonds is 5. The predicted molar refractivity (Wildman–Crippen MR) is 120 cm³/mol. The maximum Gasteiger partial charge on any atom is 0.277 e. The molecular formula is C22H27ClN4O3S. The summed E-state index contributed by atoms with van der Waals surface area (Å²) in [7, 11) is 0. The lowest BCUT2D eigenvalue weighted by atomic mass is 9.93. The Labute approximate surface area is 191 Å². The SMILES string of the molecule is CC1CCCN(C(=O)C2CCN(C(=O)CSc3nnc(-c4ccc(Cl)cc4)o3)CC2)C1. The molecule has 4 rings (SSSR count). The summed E-state index contributed by atoms with van der Waals surface area (Å²) in [5.74, 6) is 1.58. The maximum atomic E-state index is 12.8. The highest BCUT2D eigenvalue weighted by atomic mass is 35.5. The van der Waals surface area contributed by atoms with Gasteiger partial charge >= 0.3 is 0 Å². The fraction of sp³-hybridized carbons (Fsp3) is 0.545. The van der Waals surface area contributed by atoms with Gasteiger partial charge in [-0.05, 0) is 55.9 Å². The van der Waals surface area contributed by atoms with Gasteiger partial charge in [-0.2, -0.15) is 0 Å². The molecule has 2 aliphatic rings. The van der Waals surface area contributed by atoms with Crippen LogP contribution in [0.4, 0.5) is 0 Å². The van der Waals surface area contributed by atoms with Crippen LogP contribution >= 0.6 is 23.4 Å². The van der Waals surface area contributed by atoms with Crippen LogP contribution in [-0.2, 0) is 9.59 Å². The number of carbonyl (C=O) groups is 2. The van der Waals surface area contributed by atoms with Gasteiger partial charge in [0.15, 0.2) is 0 Å². The van der Waals surface area contributed by atoms with Crippen molar-refractivity contribution >= 4 is 35.2 Å². The second kappa shape index (κ2) is 10.0. The van der Waals surface area contributed by atoms with Gasteiger partial charge in [-0.3, -0.25) is 9.59 Å². The predicted octanol–water partition coefficient (Wildman–Crippen LogP) is 3.98. The second-order valence-corrected chi connectivity index (χ2v) is 9.72. The van der Waals surface area contributed by atoms with Gasteiger partial charge in [0.05, 0.1) is 5.75 Å². The molecule has 2 amide bonds. The normalized spacial score (nSPS) is 20.1. The van der Waals surface area contributed by atoms with Crippen molar-refractivity contribution in [3.05, 3.63) is 29.3 Å².